The molecule has 24 heavy (non-hydrogen) atoms. The Labute approximate surface area is 176 Å². The predicted molar refractivity (Wildman–Crippen MR) is 116 cm³/mol. The second-order valence-corrected chi connectivity index (χ2v) is 12.6. The molecule has 0 spiro atoms. The lowest BCUT2D eigenvalue weighted by atomic mass is 10.4. The monoisotopic (exact) mass is 446 g/mol. The van der Waals surface area contributed by atoms with Crippen molar-refractivity contribution in [3.05, 3.63) is 24.0 Å². The Morgan fingerprint density at radius 1 is 0.667 bits per heavy atom. The van der Waals surface area contributed by atoms with E-state index in [2.05, 4.69) is 0 Å². The van der Waals surface area contributed by atoms with Crippen LogP contribution in [0.1, 0.15) is 19.3 Å². The van der Waals surface area contributed by atoms with Crippen LogP contribution in [-0.2, 0) is 13.7 Å². The van der Waals surface area contributed by atoms with Gasteiger partial charge in [0, 0.05) is 30.8 Å². The lowest BCUT2D eigenvalue weighted by Gasteiger charge is -1.95. The summed E-state index contributed by atoms with van der Waals surface area (Å²) in [4.78, 5) is 26.1. The molecule has 12 heteroatoms. The van der Waals surface area contributed by atoms with Gasteiger partial charge in [-0.1, -0.05) is 18.2 Å². The molecule has 6 nitrogen and oxygen atoms in total. The van der Waals surface area contributed by atoms with Gasteiger partial charge in [-0.05, 0) is 25.1 Å². The Bertz CT molecular complexity index is 524. The van der Waals surface area contributed by atoms with Gasteiger partial charge in [0.1, 0.15) is 0 Å². The van der Waals surface area contributed by atoms with Crippen molar-refractivity contribution >= 4 is 74.2 Å². The molecular formula is C12H32Al3O6P3. The molecule has 3 rings (SSSR count). The van der Waals surface area contributed by atoms with E-state index in [-0.39, 0.29) is 52.1 Å². The highest BCUT2D eigenvalue weighted by Gasteiger charge is 2.22. The minimum Gasteiger partial charge on any atom is -0.344 e. The first-order chi connectivity index (χ1) is 9.62. The summed E-state index contributed by atoms with van der Waals surface area (Å²) in [5.41, 5.74) is 0. The van der Waals surface area contributed by atoms with Gasteiger partial charge in [0.2, 0.25) is 22.1 Å². The summed E-state index contributed by atoms with van der Waals surface area (Å²) in [6.07, 6.45) is 10.3. The molecule has 1 unspecified atom stereocenters. The molecule has 140 valence electrons. The summed E-state index contributed by atoms with van der Waals surface area (Å²) < 4.78 is 31.6. The molecule has 1 saturated heterocycles. The minimum absolute atomic E-state index is 0. The van der Waals surface area contributed by atoms with Crippen molar-refractivity contribution in [1.29, 1.82) is 0 Å². The van der Waals surface area contributed by atoms with Gasteiger partial charge in [0.15, 0.2) is 52.1 Å². The first-order valence-electron chi connectivity index (χ1n) is 6.88. The molecule has 1 atom stereocenters. The Morgan fingerprint density at radius 3 is 1.25 bits per heavy atom. The maximum atomic E-state index is 10.6. The van der Waals surface area contributed by atoms with Crippen LogP contribution < -0.4 is 0 Å². The average Bonchev–Trinajstić information content (AvgIpc) is 3.03. The summed E-state index contributed by atoms with van der Waals surface area (Å²) >= 11 is 0. The first-order valence-corrected chi connectivity index (χ1v) is 12.9. The number of hydrogen-bond acceptors (Lipinski definition) is 3. The molecule has 0 aromatic heterocycles. The second-order valence-electron chi connectivity index (χ2n) is 5.34. The van der Waals surface area contributed by atoms with Crippen LogP contribution in [0.25, 0.3) is 0 Å². The van der Waals surface area contributed by atoms with Crippen LogP contribution in [0.2, 0.25) is 0 Å². The molecule has 0 aliphatic carbocycles. The largest absolute Gasteiger partial charge is 0.344 e. The molecule has 0 radical (unpaired) electrons. The van der Waals surface area contributed by atoms with E-state index < -0.39 is 22.1 Å². The fourth-order valence-corrected chi connectivity index (χ4v) is 5.87. The Morgan fingerprint density at radius 2 is 1.12 bits per heavy atom. The summed E-state index contributed by atoms with van der Waals surface area (Å²) in [6, 6.07) is 0. The molecule has 0 amide bonds. The van der Waals surface area contributed by atoms with Crippen molar-refractivity contribution in [3.8, 4) is 0 Å². The molecule has 3 aliphatic rings. The van der Waals surface area contributed by atoms with E-state index in [1.54, 1.807) is 18.2 Å². The molecule has 0 aromatic rings. The van der Waals surface area contributed by atoms with Gasteiger partial charge in [-0.25, -0.2) is 0 Å². The van der Waals surface area contributed by atoms with E-state index >= 15 is 0 Å². The maximum absolute atomic E-state index is 10.6. The number of hydrogen-bond donors (Lipinski definition) is 3. The van der Waals surface area contributed by atoms with E-state index in [4.69, 9.17) is 14.7 Å². The molecule has 0 saturated carbocycles. The lowest BCUT2D eigenvalue weighted by Crippen LogP contribution is -1.78. The van der Waals surface area contributed by atoms with Crippen LogP contribution in [0.5, 0.6) is 0 Å². The Hall–Kier alpha value is 1.65. The molecule has 3 N–H and O–H groups in total. The molecule has 3 aliphatic heterocycles. The van der Waals surface area contributed by atoms with Crippen molar-refractivity contribution in [2.45, 2.75) is 19.3 Å². The molecule has 0 aromatic carbocycles. The van der Waals surface area contributed by atoms with Gasteiger partial charge >= 0.3 is 0 Å². The average molecular weight is 446 g/mol. The molecule has 3 heterocycles. The summed E-state index contributed by atoms with van der Waals surface area (Å²) in [7, 11) is -7.92. The lowest BCUT2D eigenvalue weighted by molar-refractivity contribution is 0.484. The SMILES string of the molecule is O=P1(O)C=CCC1.O=P1(O)CC=CC1.O=P1(O)CCCC1.[AlH3].[AlH3].[AlH3]. The quantitative estimate of drug-likeness (QED) is 0.263. The van der Waals surface area contributed by atoms with Gasteiger partial charge in [-0.15, -0.1) is 0 Å². The topological polar surface area (TPSA) is 112 Å². The first kappa shape index (κ1) is 30.4. The fourth-order valence-electron chi connectivity index (χ4n) is 1.96. The standard InChI is InChI=1S/C4H9O2P.2C4H7O2P.3Al.9H/c3*5-7(6)3-1-2-4-7;;;;;;;;;;;;/h1-4H2,(H,5,6);1,3H,2,4H2,(H,5,6);1-2H,3-4H2,(H,5,6);;;;;;;;;;;;. The summed E-state index contributed by atoms with van der Waals surface area (Å²) in [5.74, 6) is 1.41. The molecular weight excluding hydrogens is 414 g/mol. The highest BCUT2D eigenvalue weighted by atomic mass is 31.2. The Kier molecular flexibility index (Phi) is 17.4. The van der Waals surface area contributed by atoms with Crippen LogP contribution in [0.4, 0.5) is 0 Å². The predicted octanol–water partition coefficient (Wildman–Crippen LogP) is -0.500. The zero-order valence-electron chi connectivity index (χ0n) is 11.9. The van der Waals surface area contributed by atoms with Crippen molar-refractivity contribution in [2.75, 3.05) is 30.8 Å². The van der Waals surface area contributed by atoms with E-state index in [1.165, 1.54) is 5.82 Å². The van der Waals surface area contributed by atoms with Gasteiger partial charge in [-0.3, -0.25) is 13.7 Å². The Balaban J connectivity index is -0.000000259. The van der Waals surface area contributed by atoms with Crippen LogP contribution in [0.3, 0.4) is 0 Å². The third kappa shape index (κ3) is 14.8. The summed E-state index contributed by atoms with van der Waals surface area (Å²) in [5, 5.41) is 0. The summed E-state index contributed by atoms with van der Waals surface area (Å²) in [6.45, 7) is 0. The van der Waals surface area contributed by atoms with Crippen LogP contribution in [0.15, 0.2) is 24.0 Å². The smallest absolute Gasteiger partial charge is 0.222 e. The third-order valence-electron chi connectivity index (χ3n) is 3.17. The van der Waals surface area contributed by atoms with E-state index in [9.17, 15) is 13.7 Å². The zero-order valence-corrected chi connectivity index (χ0v) is 14.6. The van der Waals surface area contributed by atoms with E-state index in [0.29, 0.717) is 30.8 Å². The second kappa shape index (κ2) is 13.8. The van der Waals surface area contributed by atoms with Crippen LogP contribution >= 0.6 is 22.1 Å². The highest BCUT2D eigenvalue weighted by molar-refractivity contribution is 7.61. The van der Waals surface area contributed by atoms with Crippen molar-refractivity contribution in [2.24, 2.45) is 0 Å². The van der Waals surface area contributed by atoms with Crippen molar-refractivity contribution < 1.29 is 28.4 Å². The zero-order chi connectivity index (χ0) is 16.0. The van der Waals surface area contributed by atoms with Crippen LogP contribution in [0, 0.1) is 0 Å². The third-order valence-corrected chi connectivity index (χ3v) is 8.34. The fraction of sp³-hybridized carbons (Fsp3) is 0.667. The maximum Gasteiger partial charge on any atom is 0.222 e. The van der Waals surface area contributed by atoms with Gasteiger partial charge in [-0.2, -0.15) is 0 Å². The highest BCUT2D eigenvalue weighted by Crippen LogP contribution is 2.47. The van der Waals surface area contributed by atoms with E-state index in [0.717, 1.165) is 19.3 Å². The number of rotatable bonds is 0. The normalized spacial score (nSPS) is 27.3. The number of allylic oxidation sites excluding steroid dienone is 3. The molecule has 1 fully saturated rings. The van der Waals surface area contributed by atoms with E-state index in [1.807, 2.05) is 0 Å². The van der Waals surface area contributed by atoms with Crippen molar-refractivity contribution in [3.63, 3.8) is 0 Å². The minimum atomic E-state index is -2.72. The van der Waals surface area contributed by atoms with Crippen LogP contribution in [-0.4, -0.2) is 97.6 Å². The van der Waals surface area contributed by atoms with Gasteiger partial charge < -0.3 is 14.7 Å². The molecule has 0 bridgehead atoms. The van der Waals surface area contributed by atoms with Crippen molar-refractivity contribution in [1.82, 2.24) is 0 Å². The van der Waals surface area contributed by atoms with Gasteiger partial charge in [0.05, 0.1) is 0 Å². The van der Waals surface area contributed by atoms with Gasteiger partial charge in [0.25, 0.3) is 0 Å².